The lowest BCUT2D eigenvalue weighted by Crippen LogP contribution is -2.19. The molecule has 0 saturated heterocycles. The van der Waals surface area contributed by atoms with E-state index < -0.39 is 11.7 Å². The maximum Gasteiger partial charge on any atom is 0.251 e. The van der Waals surface area contributed by atoms with E-state index in [1.54, 1.807) is 13.8 Å². The van der Waals surface area contributed by atoms with Gasteiger partial charge in [-0.3, -0.25) is 9.59 Å². The van der Waals surface area contributed by atoms with Crippen molar-refractivity contribution in [2.45, 2.75) is 13.8 Å². The van der Waals surface area contributed by atoms with Crippen LogP contribution in [0.25, 0.3) is 0 Å². The molecular formula is C11H13FN2O2. The van der Waals surface area contributed by atoms with Crippen molar-refractivity contribution in [3.63, 3.8) is 0 Å². The molecule has 5 heteroatoms. The molecule has 0 aromatic heterocycles. The summed E-state index contributed by atoms with van der Waals surface area (Å²) >= 11 is 0. The quantitative estimate of drug-likeness (QED) is 0.817. The number of nitrogens with two attached hydrogens (primary N) is 1. The lowest BCUT2D eigenvalue weighted by Gasteiger charge is -2.08. The SMILES string of the molecule is CC(C)C(=O)Nc1ccc(F)c(C(N)=O)c1. The number of halogens is 1. The Bertz CT molecular complexity index is 430. The monoisotopic (exact) mass is 224 g/mol. The van der Waals surface area contributed by atoms with Crippen molar-refractivity contribution < 1.29 is 14.0 Å². The molecule has 1 rings (SSSR count). The molecule has 0 heterocycles. The number of hydrogen-bond acceptors (Lipinski definition) is 2. The van der Waals surface area contributed by atoms with Crippen molar-refractivity contribution in [2.75, 3.05) is 5.32 Å². The molecule has 16 heavy (non-hydrogen) atoms. The molecule has 0 unspecified atom stereocenters. The molecule has 0 aliphatic rings. The van der Waals surface area contributed by atoms with Gasteiger partial charge >= 0.3 is 0 Å². The third-order valence-electron chi connectivity index (χ3n) is 2.02. The fraction of sp³-hybridized carbons (Fsp3) is 0.273. The number of rotatable bonds is 3. The first-order valence-corrected chi connectivity index (χ1v) is 4.82. The highest BCUT2D eigenvalue weighted by Crippen LogP contribution is 2.15. The van der Waals surface area contributed by atoms with Gasteiger partial charge in [0.15, 0.2) is 0 Å². The molecule has 3 N–H and O–H groups in total. The topological polar surface area (TPSA) is 72.2 Å². The van der Waals surface area contributed by atoms with E-state index >= 15 is 0 Å². The fourth-order valence-corrected chi connectivity index (χ4v) is 1.08. The number of hydrogen-bond donors (Lipinski definition) is 2. The molecule has 0 bridgehead atoms. The minimum Gasteiger partial charge on any atom is -0.366 e. The molecule has 1 aromatic rings. The molecule has 1 aromatic carbocycles. The van der Waals surface area contributed by atoms with Crippen LogP contribution < -0.4 is 11.1 Å². The highest BCUT2D eigenvalue weighted by atomic mass is 19.1. The van der Waals surface area contributed by atoms with Gasteiger partial charge in [0.2, 0.25) is 5.91 Å². The van der Waals surface area contributed by atoms with Gasteiger partial charge in [-0.25, -0.2) is 4.39 Å². The molecule has 86 valence electrons. The molecule has 0 spiro atoms. The van der Waals surface area contributed by atoms with Crippen LogP contribution in [0.1, 0.15) is 24.2 Å². The summed E-state index contributed by atoms with van der Waals surface area (Å²) in [4.78, 5) is 22.2. The summed E-state index contributed by atoms with van der Waals surface area (Å²) in [6.45, 7) is 3.46. The zero-order valence-electron chi connectivity index (χ0n) is 9.08. The Morgan fingerprint density at radius 1 is 1.38 bits per heavy atom. The Hall–Kier alpha value is -1.91. The Balaban J connectivity index is 2.95. The second-order valence-electron chi connectivity index (χ2n) is 3.70. The smallest absolute Gasteiger partial charge is 0.251 e. The van der Waals surface area contributed by atoms with E-state index in [9.17, 15) is 14.0 Å². The first-order valence-electron chi connectivity index (χ1n) is 4.82. The van der Waals surface area contributed by atoms with Crippen molar-refractivity contribution >= 4 is 17.5 Å². The first kappa shape index (κ1) is 12.2. The number of anilines is 1. The zero-order chi connectivity index (χ0) is 12.3. The number of carbonyl (C=O) groups excluding carboxylic acids is 2. The van der Waals surface area contributed by atoms with Crippen LogP contribution in [0.3, 0.4) is 0 Å². The maximum atomic E-state index is 13.1. The number of nitrogens with one attached hydrogen (secondary N) is 1. The van der Waals surface area contributed by atoms with Crippen molar-refractivity contribution in [3.8, 4) is 0 Å². The Morgan fingerprint density at radius 2 is 2.00 bits per heavy atom. The van der Waals surface area contributed by atoms with Gasteiger partial charge < -0.3 is 11.1 Å². The van der Waals surface area contributed by atoms with Crippen LogP contribution in [0, 0.1) is 11.7 Å². The molecule has 0 atom stereocenters. The number of primary amides is 1. The lowest BCUT2D eigenvalue weighted by atomic mass is 10.1. The first-order chi connectivity index (χ1) is 7.41. The van der Waals surface area contributed by atoms with Gasteiger partial charge in [-0.2, -0.15) is 0 Å². The second-order valence-corrected chi connectivity index (χ2v) is 3.70. The van der Waals surface area contributed by atoms with Gasteiger partial charge in [0.25, 0.3) is 5.91 Å². The highest BCUT2D eigenvalue weighted by molar-refractivity contribution is 5.96. The summed E-state index contributed by atoms with van der Waals surface area (Å²) in [5, 5.41) is 2.55. The van der Waals surface area contributed by atoms with Gasteiger partial charge in [0.1, 0.15) is 5.82 Å². The Morgan fingerprint density at radius 3 is 2.50 bits per heavy atom. The molecule has 0 aliphatic carbocycles. The van der Waals surface area contributed by atoms with E-state index in [0.717, 1.165) is 6.07 Å². The third kappa shape index (κ3) is 2.79. The summed E-state index contributed by atoms with van der Waals surface area (Å²) in [6, 6.07) is 3.69. The largest absolute Gasteiger partial charge is 0.366 e. The summed E-state index contributed by atoms with van der Waals surface area (Å²) in [5.41, 5.74) is 5.10. The molecule has 4 nitrogen and oxygen atoms in total. The summed E-state index contributed by atoms with van der Waals surface area (Å²) in [5.74, 6) is -1.96. The summed E-state index contributed by atoms with van der Waals surface area (Å²) in [6.07, 6.45) is 0. The highest BCUT2D eigenvalue weighted by Gasteiger charge is 2.11. The van der Waals surface area contributed by atoms with Gasteiger partial charge in [0.05, 0.1) is 5.56 Å². The molecule has 0 aliphatic heterocycles. The predicted molar refractivity (Wildman–Crippen MR) is 58.4 cm³/mol. The van der Waals surface area contributed by atoms with Crippen molar-refractivity contribution in [2.24, 2.45) is 11.7 Å². The minimum absolute atomic E-state index is 0.193. The second kappa shape index (κ2) is 4.74. The molecule has 0 radical (unpaired) electrons. The zero-order valence-corrected chi connectivity index (χ0v) is 9.08. The average molecular weight is 224 g/mol. The average Bonchev–Trinajstić information content (AvgIpc) is 2.20. The summed E-state index contributed by atoms with van der Waals surface area (Å²) < 4.78 is 13.1. The van der Waals surface area contributed by atoms with Gasteiger partial charge in [-0.15, -0.1) is 0 Å². The molecular weight excluding hydrogens is 211 g/mol. The van der Waals surface area contributed by atoms with Crippen LogP contribution >= 0.6 is 0 Å². The van der Waals surface area contributed by atoms with E-state index in [0.29, 0.717) is 5.69 Å². The molecule has 0 saturated carbocycles. The van der Waals surface area contributed by atoms with Gasteiger partial charge in [-0.05, 0) is 18.2 Å². The van der Waals surface area contributed by atoms with Crippen molar-refractivity contribution in [1.29, 1.82) is 0 Å². The van der Waals surface area contributed by atoms with E-state index in [1.165, 1.54) is 12.1 Å². The van der Waals surface area contributed by atoms with Crippen molar-refractivity contribution in [1.82, 2.24) is 0 Å². The number of benzene rings is 1. The Kier molecular flexibility index (Phi) is 3.60. The van der Waals surface area contributed by atoms with Crippen molar-refractivity contribution in [3.05, 3.63) is 29.6 Å². The van der Waals surface area contributed by atoms with E-state index in [-0.39, 0.29) is 17.4 Å². The van der Waals surface area contributed by atoms with Gasteiger partial charge in [0, 0.05) is 11.6 Å². The minimum atomic E-state index is -0.863. The van der Waals surface area contributed by atoms with E-state index in [1.807, 2.05) is 0 Å². The van der Waals surface area contributed by atoms with E-state index in [2.05, 4.69) is 5.32 Å². The lowest BCUT2D eigenvalue weighted by molar-refractivity contribution is -0.118. The van der Waals surface area contributed by atoms with Crippen LogP contribution in [-0.4, -0.2) is 11.8 Å². The maximum absolute atomic E-state index is 13.1. The molecule has 0 fully saturated rings. The van der Waals surface area contributed by atoms with Crippen LogP contribution in [-0.2, 0) is 4.79 Å². The number of amides is 2. The standard InChI is InChI=1S/C11H13FN2O2/c1-6(2)11(16)14-7-3-4-9(12)8(5-7)10(13)15/h3-6H,1-2H3,(H2,13,15)(H,14,16). The van der Waals surface area contributed by atoms with Crippen LogP contribution in [0.15, 0.2) is 18.2 Å². The normalized spacial score (nSPS) is 10.2. The number of carbonyl (C=O) groups is 2. The van der Waals surface area contributed by atoms with Crippen LogP contribution in [0.2, 0.25) is 0 Å². The third-order valence-corrected chi connectivity index (χ3v) is 2.02. The van der Waals surface area contributed by atoms with Gasteiger partial charge in [-0.1, -0.05) is 13.8 Å². The van der Waals surface area contributed by atoms with Crippen LogP contribution in [0.4, 0.5) is 10.1 Å². The Labute approximate surface area is 92.6 Å². The van der Waals surface area contributed by atoms with E-state index in [4.69, 9.17) is 5.73 Å². The predicted octanol–water partition coefficient (Wildman–Crippen LogP) is 1.52. The van der Waals surface area contributed by atoms with Crippen LogP contribution in [0.5, 0.6) is 0 Å². The molecule has 2 amide bonds. The summed E-state index contributed by atoms with van der Waals surface area (Å²) in [7, 11) is 0. The fourth-order valence-electron chi connectivity index (χ4n) is 1.08.